The van der Waals surface area contributed by atoms with Crippen LogP contribution in [-0.2, 0) is 8.95 Å². The molecule has 0 bridgehead atoms. The molecule has 0 aromatic carbocycles. The SMILES string of the molecule is C/C(=N/O[Si](C)(C)C)O[Si](C)(C)C. The van der Waals surface area contributed by atoms with Crippen LogP contribution in [0.25, 0.3) is 0 Å². The van der Waals surface area contributed by atoms with Crippen LogP contribution in [0.2, 0.25) is 39.3 Å². The fraction of sp³-hybridized carbons (Fsp3) is 0.875. The molecule has 0 aliphatic rings. The zero-order chi connectivity index (χ0) is 10.7. The molecule has 0 aromatic heterocycles. The van der Waals surface area contributed by atoms with E-state index in [4.69, 9.17) is 8.95 Å². The first kappa shape index (κ1) is 12.7. The minimum Gasteiger partial charge on any atom is -0.533 e. The van der Waals surface area contributed by atoms with Crippen molar-refractivity contribution in [3.8, 4) is 0 Å². The lowest BCUT2D eigenvalue weighted by atomic mass is 10.8. The number of oxime groups is 1. The second-order valence-corrected chi connectivity index (χ2v) is 13.9. The molecule has 5 heteroatoms. The van der Waals surface area contributed by atoms with Crippen LogP contribution in [0.3, 0.4) is 0 Å². The second kappa shape index (κ2) is 4.28. The van der Waals surface area contributed by atoms with Crippen molar-refractivity contribution < 1.29 is 8.95 Å². The highest BCUT2D eigenvalue weighted by Gasteiger charge is 2.19. The van der Waals surface area contributed by atoms with Gasteiger partial charge in [-0.2, -0.15) is 0 Å². The summed E-state index contributed by atoms with van der Waals surface area (Å²) in [7, 11) is -3.06. The van der Waals surface area contributed by atoms with Gasteiger partial charge >= 0.3 is 0 Å². The van der Waals surface area contributed by atoms with Gasteiger partial charge in [-0.15, -0.1) is 0 Å². The van der Waals surface area contributed by atoms with E-state index in [9.17, 15) is 0 Å². The van der Waals surface area contributed by atoms with Crippen molar-refractivity contribution in [1.29, 1.82) is 0 Å². The molecule has 0 saturated carbocycles. The minimum absolute atomic E-state index is 0.654. The molecule has 0 heterocycles. The van der Waals surface area contributed by atoms with Crippen molar-refractivity contribution in [3.63, 3.8) is 0 Å². The summed E-state index contributed by atoms with van der Waals surface area (Å²) in [5, 5.41) is 3.97. The van der Waals surface area contributed by atoms with Gasteiger partial charge in [0.2, 0.25) is 14.2 Å². The summed E-state index contributed by atoms with van der Waals surface area (Å²) in [5.74, 6) is 0.654. The zero-order valence-corrected chi connectivity index (χ0v) is 11.8. The number of hydrogen-bond donors (Lipinski definition) is 0. The molecule has 0 aromatic rings. The van der Waals surface area contributed by atoms with Crippen molar-refractivity contribution in [2.45, 2.75) is 46.2 Å². The molecular formula is C8H21NO2Si2. The van der Waals surface area contributed by atoms with Crippen molar-refractivity contribution >= 4 is 22.5 Å². The number of nitrogens with zero attached hydrogens (tertiary/aromatic N) is 1. The third-order valence-electron chi connectivity index (χ3n) is 0.902. The lowest BCUT2D eigenvalue weighted by Gasteiger charge is -2.19. The standard InChI is InChI=1S/C8H21NO2Si2/c1-8(10-12(2,3)4)9-11-13(5,6)7/h1-7H3/b9-8-. The molecule has 0 spiro atoms. The fourth-order valence-electron chi connectivity index (χ4n) is 0.663. The molecule has 0 unspecified atom stereocenters. The van der Waals surface area contributed by atoms with Crippen LogP contribution in [0, 0.1) is 0 Å². The molecule has 0 saturated heterocycles. The predicted molar refractivity (Wildman–Crippen MR) is 62.0 cm³/mol. The summed E-state index contributed by atoms with van der Waals surface area (Å²) in [5.41, 5.74) is 0. The normalized spacial score (nSPS) is 14.2. The average molecular weight is 219 g/mol. The van der Waals surface area contributed by atoms with Crippen LogP contribution in [0.1, 0.15) is 6.92 Å². The van der Waals surface area contributed by atoms with Crippen molar-refractivity contribution in [3.05, 3.63) is 0 Å². The largest absolute Gasteiger partial charge is 0.533 e. The summed E-state index contributed by atoms with van der Waals surface area (Å²) in [4.78, 5) is 0. The first-order valence-electron chi connectivity index (χ1n) is 4.52. The Bertz CT molecular complexity index is 191. The maximum absolute atomic E-state index is 5.62. The van der Waals surface area contributed by atoms with Crippen LogP contribution in [-0.4, -0.2) is 22.5 Å². The van der Waals surface area contributed by atoms with Gasteiger partial charge in [0, 0.05) is 6.92 Å². The maximum atomic E-state index is 5.62. The lowest BCUT2D eigenvalue weighted by molar-refractivity contribution is 0.318. The first-order chi connectivity index (χ1) is 5.60. The molecule has 0 radical (unpaired) electrons. The average Bonchev–Trinajstić information content (AvgIpc) is 1.78. The first-order valence-corrected chi connectivity index (χ1v) is 11.3. The predicted octanol–water partition coefficient (Wildman–Crippen LogP) is 3.02. The van der Waals surface area contributed by atoms with Crippen molar-refractivity contribution in [2.75, 3.05) is 0 Å². The van der Waals surface area contributed by atoms with E-state index in [-0.39, 0.29) is 0 Å². The van der Waals surface area contributed by atoms with Crippen LogP contribution in [0.5, 0.6) is 0 Å². The highest BCUT2D eigenvalue weighted by molar-refractivity contribution is 6.71. The quantitative estimate of drug-likeness (QED) is 0.316. The number of rotatable bonds is 3. The maximum Gasteiger partial charge on any atom is 0.278 e. The van der Waals surface area contributed by atoms with Gasteiger partial charge in [-0.3, -0.25) is 0 Å². The monoisotopic (exact) mass is 219 g/mol. The molecule has 3 nitrogen and oxygen atoms in total. The summed E-state index contributed by atoms with van der Waals surface area (Å²) in [6.45, 7) is 14.5. The Morgan fingerprint density at radius 1 is 0.923 bits per heavy atom. The van der Waals surface area contributed by atoms with E-state index in [1.807, 2.05) is 6.92 Å². The van der Waals surface area contributed by atoms with Gasteiger partial charge in [0.1, 0.15) is 0 Å². The van der Waals surface area contributed by atoms with Gasteiger partial charge in [0.05, 0.1) is 0 Å². The van der Waals surface area contributed by atoms with E-state index < -0.39 is 16.6 Å². The highest BCUT2D eigenvalue weighted by atomic mass is 28.4. The summed E-state index contributed by atoms with van der Waals surface area (Å²) in [6, 6.07) is 0. The van der Waals surface area contributed by atoms with Gasteiger partial charge in [0.15, 0.2) is 0 Å². The van der Waals surface area contributed by atoms with Gasteiger partial charge in [-0.05, 0) is 39.3 Å². The third kappa shape index (κ3) is 9.62. The molecule has 0 aliphatic carbocycles. The van der Waals surface area contributed by atoms with Gasteiger partial charge < -0.3 is 8.95 Å². The van der Waals surface area contributed by atoms with Gasteiger partial charge in [0.25, 0.3) is 8.32 Å². The Hall–Kier alpha value is -0.296. The van der Waals surface area contributed by atoms with E-state index in [0.29, 0.717) is 5.90 Å². The molecule has 0 amide bonds. The van der Waals surface area contributed by atoms with Crippen LogP contribution < -0.4 is 0 Å². The Labute approximate surface area is 83.4 Å². The van der Waals surface area contributed by atoms with Crippen molar-refractivity contribution in [2.24, 2.45) is 5.16 Å². The van der Waals surface area contributed by atoms with Crippen LogP contribution >= 0.6 is 0 Å². The minimum atomic E-state index is -1.55. The van der Waals surface area contributed by atoms with E-state index in [0.717, 1.165) is 0 Å². The smallest absolute Gasteiger partial charge is 0.278 e. The Morgan fingerprint density at radius 3 is 1.69 bits per heavy atom. The Balaban J connectivity index is 4.05. The van der Waals surface area contributed by atoms with Gasteiger partial charge in [-0.25, -0.2) is 0 Å². The zero-order valence-electron chi connectivity index (χ0n) is 9.76. The van der Waals surface area contributed by atoms with E-state index in [1.54, 1.807) is 0 Å². The molecule has 0 rings (SSSR count). The third-order valence-corrected chi connectivity index (χ3v) is 2.45. The topological polar surface area (TPSA) is 30.8 Å². The Kier molecular flexibility index (Phi) is 4.18. The highest BCUT2D eigenvalue weighted by Crippen LogP contribution is 2.06. The molecule has 0 N–H and O–H groups in total. The van der Waals surface area contributed by atoms with Gasteiger partial charge in [-0.1, -0.05) is 5.16 Å². The molecule has 0 atom stereocenters. The van der Waals surface area contributed by atoms with E-state index >= 15 is 0 Å². The molecule has 13 heavy (non-hydrogen) atoms. The summed E-state index contributed by atoms with van der Waals surface area (Å²) in [6.07, 6.45) is 0. The second-order valence-electron chi connectivity index (χ2n) is 5.03. The Morgan fingerprint density at radius 2 is 1.38 bits per heavy atom. The molecule has 0 fully saturated rings. The fourth-order valence-corrected chi connectivity index (χ4v) is 1.99. The molecule has 78 valence electrons. The van der Waals surface area contributed by atoms with Crippen LogP contribution in [0.15, 0.2) is 5.16 Å². The molecular weight excluding hydrogens is 198 g/mol. The number of hydrogen-bond acceptors (Lipinski definition) is 3. The van der Waals surface area contributed by atoms with Crippen molar-refractivity contribution in [1.82, 2.24) is 0 Å². The summed E-state index contributed by atoms with van der Waals surface area (Å²) >= 11 is 0. The summed E-state index contributed by atoms with van der Waals surface area (Å²) < 4.78 is 11.0. The lowest BCUT2D eigenvalue weighted by Crippen LogP contribution is -2.29. The van der Waals surface area contributed by atoms with E-state index in [2.05, 4.69) is 44.4 Å². The van der Waals surface area contributed by atoms with Crippen LogP contribution in [0.4, 0.5) is 0 Å². The molecule has 0 aliphatic heterocycles. The van der Waals surface area contributed by atoms with E-state index in [1.165, 1.54) is 0 Å².